The quantitative estimate of drug-likeness (QED) is 0.589. The number of carbonyl (C=O) groups is 1. The van der Waals surface area contributed by atoms with E-state index in [1.807, 2.05) is 18.4 Å². The summed E-state index contributed by atoms with van der Waals surface area (Å²) in [4.78, 5) is 25.5. The molecule has 1 N–H and O–H groups in total. The minimum atomic E-state index is -4.97. The number of aromatic carboxylic acids is 1. The molecule has 180 valence electrons. The van der Waals surface area contributed by atoms with E-state index >= 15 is 0 Å². The van der Waals surface area contributed by atoms with Crippen molar-refractivity contribution in [1.29, 1.82) is 0 Å². The van der Waals surface area contributed by atoms with Crippen LogP contribution in [0.2, 0.25) is 0 Å². The molecule has 2 aliphatic rings. The van der Waals surface area contributed by atoms with Crippen LogP contribution in [-0.4, -0.2) is 51.8 Å². The highest BCUT2D eigenvalue weighted by Crippen LogP contribution is 2.67. The third-order valence-electron chi connectivity index (χ3n) is 6.73. The van der Waals surface area contributed by atoms with Crippen LogP contribution in [-0.2, 0) is 28.1 Å². The van der Waals surface area contributed by atoms with E-state index in [0.29, 0.717) is 36.0 Å². The summed E-state index contributed by atoms with van der Waals surface area (Å²) in [6, 6.07) is 4.65. The topological polar surface area (TPSA) is 118 Å². The van der Waals surface area contributed by atoms with E-state index in [1.54, 1.807) is 17.0 Å². The normalized spacial score (nSPS) is 21.6. The number of hydrogen-bond acceptors (Lipinski definition) is 7. The summed E-state index contributed by atoms with van der Waals surface area (Å²) < 4.78 is 66.8. The second kappa shape index (κ2) is 6.68. The third kappa shape index (κ3) is 3.09. The third-order valence-corrected chi connectivity index (χ3v) is 7.84. The van der Waals surface area contributed by atoms with E-state index in [-0.39, 0.29) is 17.4 Å². The van der Waals surface area contributed by atoms with Crippen LogP contribution < -0.4 is 4.90 Å². The Morgan fingerprint density at radius 2 is 1.85 bits per heavy atom. The molecule has 1 saturated carbocycles. The zero-order valence-electron chi connectivity index (χ0n) is 18.4. The Morgan fingerprint density at radius 1 is 1.18 bits per heavy atom. The molecule has 1 aliphatic carbocycles. The molecule has 1 aromatic carbocycles. The molecule has 34 heavy (non-hydrogen) atoms. The molecule has 1 aliphatic heterocycles. The Labute approximate surface area is 192 Å². The van der Waals surface area contributed by atoms with Gasteiger partial charge in [0.15, 0.2) is 15.5 Å². The summed E-state index contributed by atoms with van der Waals surface area (Å²) in [7, 11) is -3.44. The zero-order chi connectivity index (χ0) is 24.8. The number of carboxylic acid groups (broad SMARTS) is 1. The molecule has 1 unspecified atom stereocenters. The van der Waals surface area contributed by atoms with Crippen LogP contribution in [0.1, 0.15) is 42.1 Å². The van der Waals surface area contributed by atoms with Gasteiger partial charge in [0.2, 0.25) is 5.95 Å². The molecule has 0 radical (unpaired) electrons. The average Bonchev–Trinajstić information content (AvgIpc) is 3.10. The molecule has 0 bridgehead atoms. The highest BCUT2D eigenvalue weighted by atomic mass is 32.2. The standard InChI is InChI=1S/C21H20F3N5O4S/c1-19(2)10-20(19)17-26-13-5-4-11(34(3,32)33)8-14(13)28(17)6-7-29(20)18-25-9-12(16(30)31)15(27-18)21(22,23)24/h4-5,8-9H,6-7,10H2,1-3H3,(H,30,31). The van der Waals surface area contributed by atoms with Crippen LogP contribution in [0.15, 0.2) is 29.3 Å². The number of benzene rings is 1. The molecule has 3 aromatic rings. The number of alkyl halides is 3. The highest BCUT2D eigenvalue weighted by molar-refractivity contribution is 7.90. The molecule has 2 aromatic heterocycles. The van der Waals surface area contributed by atoms with Gasteiger partial charge in [0.25, 0.3) is 0 Å². The van der Waals surface area contributed by atoms with Crippen LogP contribution in [0.5, 0.6) is 0 Å². The first-order valence-corrected chi connectivity index (χ1v) is 12.2. The Hall–Kier alpha value is -3.22. The smallest absolute Gasteiger partial charge is 0.434 e. The van der Waals surface area contributed by atoms with Crippen molar-refractivity contribution in [3.8, 4) is 0 Å². The second-order valence-corrected chi connectivity index (χ2v) is 11.3. The lowest BCUT2D eigenvalue weighted by Crippen LogP contribution is -2.48. The van der Waals surface area contributed by atoms with E-state index in [0.717, 1.165) is 6.26 Å². The predicted molar refractivity (Wildman–Crippen MR) is 114 cm³/mol. The SMILES string of the molecule is CC1(C)CC12c1nc3ccc(S(C)(=O)=O)cc3n1CCN2c1ncc(C(=O)O)c(C(F)(F)F)n1. The van der Waals surface area contributed by atoms with Crippen molar-refractivity contribution in [3.63, 3.8) is 0 Å². The van der Waals surface area contributed by atoms with Crippen molar-refractivity contribution in [2.24, 2.45) is 5.41 Å². The summed E-state index contributed by atoms with van der Waals surface area (Å²) >= 11 is 0. The molecular weight excluding hydrogens is 475 g/mol. The summed E-state index contributed by atoms with van der Waals surface area (Å²) in [5.74, 6) is -1.40. The largest absolute Gasteiger partial charge is 0.478 e. The molecule has 3 heterocycles. The number of sulfone groups is 1. The predicted octanol–water partition coefficient (Wildman–Crippen LogP) is 3.09. The van der Waals surface area contributed by atoms with Crippen molar-refractivity contribution in [1.82, 2.24) is 19.5 Å². The summed E-state index contributed by atoms with van der Waals surface area (Å²) in [5.41, 5.74) is -2.56. The number of hydrogen-bond donors (Lipinski definition) is 1. The molecular formula is C21H20F3N5O4S. The number of nitrogens with zero attached hydrogens (tertiary/aromatic N) is 5. The molecule has 0 amide bonds. The number of halogens is 3. The van der Waals surface area contributed by atoms with Gasteiger partial charge >= 0.3 is 12.1 Å². The number of anilines is 1. The molecule has 1 fully saturated rings. The lowest BCUT2D eigenvalue weighted by atomic mass is 10.00. The first-order chi connectivity index (χ1) is 15.7. The second-order valence-electron chi connectivity index (χ2n) is 9.32. The van der Waals surface area contributed by atoms with E-state index in [4.69, 9.17) is 10.1 Å². The zero-order valence-corrected chi connectivity index (χ0v) is 19.2. The van der Waals surface area contributed by atoms with Gasteiger partial charge in [-0.2, -0.15) is 13.2 Å². The Morgan fingerprint density at radius 3 is 2.41 bits per heavy atom. The fourth-order valence-corrected chi connectivity index (χ4v) is 5.61. The number of fused-ring (bicyclic) bond motifs is 4. The fraction of sp³-hybridized carbons (Fsp3) is 0.429. The lowest BCUT2D eigenvalue weighted by Gasteiger charge is -2.39. The Bertz CT molecular complexity index is 1480. The first-order valence-electron chi connectivity index (χ1n) is 10.3. The maximum absolute atomic E-state index is 13.6. The van der Waals surface area contributed by atoms with Gasteiger partial charge in [-0.15, -0.1) is 0 Å². The van der Waals surface area contributed by atoms with Crippen molar-refractivity contribution in [3.05, 3.63) is 41.5 Å². The van der Waals surface area contributed by atoms with Gasteiger partial charge in [-0.1, -0.05) is 13.8 Å². The maximum Gasteiger partial charge on any atom is 0.434 e. The molecule has 1 spiro atoms. The van der Waals surface area contributed by atoms with E-state index in [1.165, 1.54) is 6.07 Å². The number of aromatic nitrogens is 4. The van der Waals surface area contributed by atoms with Crippen molar-refractivity contribution in [2.45, 2.75) is 43.4 Å². The van der Waals surface area contributed by atoms with Crippen LogP contribution in [0.3, 0.4) is 0 Å². The van der Waals surface area contributed by atoms with E-state index < -0.39 is 44.2 Å². The summed E-state index contributed by atoms with van der Waals surface area (Å²) in [5, 5.41) is 9.17. The molecule has 1 atom stereocenters. The minimum Gasteiger partial charge on any atom is -0.478 e. The van der Waals surface area contributed by atoms with Gasteiger partial charge in [0.05, 0.1) is 15.9 Å². The highest BCUT2D eigenvalue weighted by Gasteiger charge is 2.70. The van der Waals surface area contributed by atoms with Crippen molar-refractivity contribution >= 4 is 32.8 Å². The molecule has 0 saturated heterocycles. The van der Waals surface area contributed by atoms with Crippen molar-refractivity contribution < 1.29 is 31.5 Å². The fourth-order valence-electron chi connectivity index (χ4n) is 4.97. The van der Waals surface area contributed by atoms with Crippen LogP contribution in [0.4, 0.5) is 19.1 Å². The van der Waals surface area contributed by atoms with Gasteiger partial charge in [-0.05, 0) is 30.0 Å². The van der Waals surface area contributed by atoms with E-state index in [9.17, 15) is 26.4 Å². The maximum atomic E-state index is 13.6. The molecule has 13 heteroatoms. The number of imidazole rings is 1. The minimum absolute atomic E-state index is 0.150. The number of rotatable bonds is 3. The van der Waals surface area contributed by atoms with Crippen molar-refractivity contribution in [2.75, 3.05) is 17.7 Å². The van der Waals surface area contributed by atoms with Gasteiger partial charge in [0, 0.05) is 25.5 Å². The van der Waals surface area contributed by atoms with Crippen LogP contribution in [0, 0.1) is 5.41 Å². The summed E-state index contributed by atoms with van der Waals surface area (Å²) in [6.45, 7) is 4.44. The molecule has 5 rings (SSSR count). The van der Waals surface area contributed by atoms with Gasteiger partial charge in [-0.3, -0.25) is 0 Å². The number of carboxylic acids is 1. The average molecular weight is 495 g/mol. The van der Waals surface area contributed by atoms with Crippen LogP contribution in [0.25, 0.3) is 11.0 Å². The summed E-state index contributed by atoms with van der Waals surface area (Å²) in [6.07, 6.45) is -2.62. The van der Waals surface area contributed by atoms with Gasteiger partial charge < -0.3 is 14.6 Å². The van der Waals surface area contributed by atoms with Crippen LogP contribution >= 0.6 is 0 Å². The monoisotopic (exact) mass is 495 g/mol. The van der Waals surface area contributed by atoms with Gasteiger partial charge in [0.1, 0.15) is 16.9 Å². The lowest BCUT2D eigenvalue weighted by molar-refractivity contribution is -0.141. The molecule has 9 nitrogen and oxygen atoms in total. The Kier molecular flexibility index (Phi) is 4.43. The Balaban J connectivity index is 1.69. The van der Waals surface area contributed by atoms with E-state index in [2.05, 4.69) is 9.97 Å². The first kappa shape index (κ1) is 22.6. The van der Waals surface area contributed by atoms with Gasteiger partial charge in [-0.25, -0.2) is 28.2 Å².